The van der Waals surface area contributed by atoms with E-state index in [9.17, 15) is 24.0 Å². The molecule has 0 aromatic rings. The van der Waals surface area contributed by atoms with Crippen LogP contribution in [0.1, 0.15) is 40.0 Å². The van der Waals surface area contributed by atoms with Crippen molar-refractivity contribution in [3.63, 3.8) is 0 Å². The van der Waals surface area contributed by atoms with Crippen LogP contribution in [-0.4, -0.2) is 70.6 Å². The van der Waals surface area contributed by atoms with Gasteiger partial charge in [-0.1, -0.05) is 13.8 Å². The first kappa shape index (κ1) is 23.3. The Balaban J connectivity index is 2.73. The summed E-state index contributed by atoms with van der Waals surface area (Å²) in [7, 11) is 0. The molecule has 1 saturated heterocycles. The van der Waals surface area contributed by atoms with Gasteiger partial charge in [0.25, 0.3) is 0 Å². The van der Waals surface area contributed by atoms with Crippen molar-refractivity contribution in [1.29, 1.82) is 0 Å². The molecule has 0 spiro atoms. The van der Waals surface area contributed by atoms with Gasteiger partial charge in [-0.15, -0.1) is 0 Å². The monoisotopic (exact) mass is 400 g/mol. The molecule has 0 saturated carbocycles. The smallest absolute Gasteiger partial charge is 0.326 e. The fourth-order valence-corrected chi connectivity index (χ4v) is 2.74. The van der Waals surface area contributed by atoms with Gasteiger partial charge in [0.05, 0.1) is 12.5 Å². The first-order chi connectivity index (χ1) is 13.0. The van der Waals surface area contributed by atoms with Gasteiger partial charge in [-0.25, -0.2) is 4.79 Å². The lowest BCUT2D eigenvalue weighted by atomic mass is 10.0. The summed E-state index contributed by atoms with van der Waals surface area (Å²) >= 11 is 0. The number of aliphatic carboxylic acids is 2. The Morgan fingerprint density at radius 1 is 1.00 bits per heavy atom. The third kappa shape index (κ3) is 7.14. The maximum atomic E-state index is 12.3. The number of nitrogens with one attached hydrogen (secondary N) is 4. The standard InChI is InChI=1S/C17H28N4O7/c1-8(2)13(17(27)28)21-16(26)11(7-12(22)23)20-14(24)9(3)19-15(25)10-5-4-6-18-10/h8-11,13,18H,4-7H2,1-3H3,(H,19,25)(H,20,24)(H,21,26)(H,22,23)(H,27,28). The lowest BCUT2D eigenvalue weighted by Gasteiger charge is -2.24. The van der Waals surface area contributed by atoms with Crippen LogP contribution in [-0.2, 0) is 24.0 Å². The Morgan fingerprint density at radius 2 is 1.64 bits per heavy atom. The number of rotatable bonds is 10. The minimum absolute atomic E-state index is 0.356. The molecule has 1 aliphatic heterocycles. The van der Waals surface area contributed by atoms with Crippen molar-refractivity contribution in [3.05, 3.63) is 0 Å². The molecule has 158 valence electrons. The lowest BCUT2D eigenvalue weighted by Crippen LogP contribution is -2.57. The van der Waals surface area contributed by atoms with Gasteiger partial charge in [-0.05, 0) is 32.2 Å². The molecule has 4 unspecified atom stereocenters. The summed E-state index contributed by atoms with van der Waals surface area (Å²) in [6.45, 7) is 5.28. The average Bonchev–Trinajstić information content (AvgIpc) is 3.12. The summed E-state index contributed by atoms with van der Waals surface area (Å²) in [5.74, 6) is -5.08. The molecular formula is C17H28N4O7. The van der Waals surface area contributed by atoms with E-state index < -0.39 is 60.3 Å². The zero-order valence-electron chi connectivity index (χ0n) is 16.2. The van der Waals surface area contributed by atoms with E-state index in [0.29, 0.717) is 13.0 Å². The molecule has 1 fully saturated rings. The van der Waals surface area contributed by atoms with Crippen molar-refractivity contribution >= 4 is 29.7 Å². The van der Waals surface area contributed by atoms with E-state index in [1.54, 1.807) is 13.8 Å². The van der Waals surface area contributed by atoms with Gasteiger partial charge in [-0.2, -0.15) is 0 Å². The molecule has 0 aliphatic carbocycles. The highest BCUT2D eigenvalue weighted by atomic mass is 16.4. The number of amides is 3. The number of carboxylic acid groups (broad SMARTS) is 2. The third-order valence-electron chi connectivity index (χ3n) is 4.37. The molecule has 28 heavy (non-hydrogen) atoms. The van der Waals surface area contributed by atoms with Crippen molar-refractivity contribution in [2.75, 3.05) is 6.54 Å². The Labute approximate surface area is 162 Å². The minimum Gasteiger partial charge on any atom is -0.481 e. The van der Waals surface area contributed by atoms with Crippen LogP contribution in [0.5, 0.6) is 0 Å². The first-order valence-electron chi connectivity index (χ1n) is 9.12. The number of hydrogen-bond donors (Lipinski definition) is 6. The summed E-state index contributed by atoms with van der Waals surface area (Å²) < 4.78 is 0. The maximum absolute atomic E-state index is 12.3. The highest BCUT2D eigenvalue weighted by molar-refractivity contribution is 5.95. The normalized spacial score (nSPS) is 19.4. The molecule has 0 radical (unpaired) electrons. The summed E-state index contributed by atoms with van der Waals surface area (Å²) in [5, 5.41) is 28.2. The summed E-state index contributed by atoms with van der Waals surface area (Å²) in [5.41, 5.74) is 0. The largest absolute Gasteiger partial charge is 0.481 e. The molecule has 11 heteroatoms. The molecule has 0 bridgehead atoms. The van der Waals surface area contributed by atoms with Crippen molar-refractivity contribution in [1.82, 2.24) is 21.3 Å². The van der Waals surface area contributed by atoms with Gasteiger partial charge < -0.3 is 31.5 Å². The van der Waals surface area contributed by atoms with Crippen molar-refractivity contribution in [2.24, 2.45) is 5.92 Å². The average molecular weight is 400 g/mol. The van der Waals surface area contributed by atoms with E-state index in [-0.39, 0.29) is 5.91 Å². The molecule has 4 atom stereocenters. The van der Waals surface area contributed by atoms with E-state index in [4.69, 9.17) is 10.2 Å². The van der Waals surface area contributed by atoms with Gasteiger partial charge in [0.1, 0.15) is 18.1 Å². The second-order valence-electron chi connectivity index (χ2n) is 7.11. The first-order valence-corrected chi connectivity index (χ1v) is 9.12. The number of hydrogen-bond acceptors (Lipinski definition) is 6. The van der Waals surface area contributed by atoms with Crippen LogP contribution in [0.25, 0.3) is 0 Å². The van der Waals surface area contributed by atoms with Crippen LogP contribution in [0, 0.1) is 5.92 Å². The predicted molar refractivity (Wildman–Crippen MR) is 97.2 cm³/mol. The van der Waals surface area contributed by atoms with Crippen LogP contribution in [0.3, 0.4) is 0 Å². The van der Waals surface area contributed by atoms with Gasteiger partial charge in [0, 0.05) is 0 Å². The molecular weight excluding hydrogens is 372 g/mol. The SMILES string of the molecule is CC(NC(=O)C1CCCN1)C(=O)NC(CC(=O)O)C(=O)NC(C(=O)O)C(C)C. The summed E-state index contributed by atoms with van der Waals surface area (Å²) in [6.07, 6.45) is 0.767. The number of carbonyl (C=O) groups excluding carboxylic acids is 3. The van der Waals surface area contributed by atoms with Crippen LogP contribution >= 0.6 is 0 Å². The second-order valence-corrected chi connectivity index (χ2v) is 7.11. The van der Waals surface area contributed by atoms with Crippen LogP contribution in [0.4, 0.5) is 0 Å². The Bertz CT molecular complexity index is 617. The zero-order chi connectivity index (χ0) is 21.4. The quantitative estimate of drug-likeness (QED) is 0.255. The van der Waals surface area contributed by atoms with E-state index in [1.807, 2.05) is 0 Å². The van der Waals surface area contributed by atoms with Gasteiger partial charge in [0.2, 0.25) is 17.7 Å². The molecule has 1 heterocycles. The fourth-order valence-electron chi connectivity index (χ4n) is 2.74. The van der Waals surface area contributed by atoms with Gasteiger partial charge in [-0.3, -0.25) is 19.2 Å². The molecule has 0 aromatic carbocycles. The van der Waals surface area contributed by atoms with E-state index in [2.05, 4.69) is 21.3 Å². The maximum Gasteiger partial charge on any atom is 0.326 e. The van der Waals surface area contributed by atoms with E-state index >= 15 is 0 Å². The topological polar surface area (TPSA) is 174 Å². The summed E-state index contributed by atoms with van der Waals surface area (Å²) in [4.78, 5) is 59.0. The second kappa shape index (κ2) is 10.6. The van der Waals surface area contributed by atoms with Gasteiger partial charge >= 0.3 is 11.9 Å². The molecule has 11 nitrogen and oxygen atoms in total. The van der Waals surface area contributed by atoms with Crippen LogP contribution in [0.15, 0.2) is 0 Å². The molecule has 0 aromatic heterocycles. The molecule has 1 aliphatic rings. The highest BCUT2D eigenvalue weighted by Crippen LogP contribution is 2.06. The summed E-state index contributed by atoms with van der Waals surface area (Å²) in [6, 6.07) is -4.10. The third-order valence-corrected chi connectivity index (χ3v) is 4.37. The Kier molecular flexibility index (Phi) is 8.83. The molecule has 3 amide bonds. The molecule has 1 rings (SSSR count). The van der Waals surface area contributed by atoms with E-state index in [0.717, 1.165) is 6.42 Å². The van der Waals surface area contributed by atoms with Crippen molar-refractivity contribution < 1.29 is 34.2 Å². The van der Waals surface area contributed by atoms with Crippen molar-refractivity contribution in [2.45, 2.75) is 64.2 Å². The predicted octanol–water partition coefficient (Wildman–Crippen LogP) is -1.57. The van der Waals surface area contributed by atoms with Gasteiger partial charge in [0.15, 0.2) is 0 Å². The van der Waals surface area contributed by atoms with Crippen LogP contribution < -0.4 is 21.3 Å². The minimum atomic E-state index is -1.48. The van der Waals surface area contributed by atoms with Crippen molar-refractivity contribution in [3.8, 4) is 0 Å². The fraction of sp³-hybridized carbons (Fsp3) is 0.706. The molecule has 6 N–H and O–H groups in total. The zero-order valence-corrected chi connectivity index (χ0v) is 16.2. The number of carboxylic acids is 2. The Hall–Kier alpha value is -2.69. The Morgan fingerprint density at radius 3 is 2.11 bits per heavy atom. The lowest BCUT2D eigenvalue weighted by molar-refractivity contribution is -0.144. The van der Waals surface area contributed by atoms with Crippen LogP contribution in [0.2, 0.25) is 0 Å². The highest BCUT2D eigenvalue weighted by Gasteiger charge is 2.31. The number of carbonyl (C=O) groups is 5. The van der Waals surface area contributed by atoms with E-state index in [1.165, 1.54) is 6.92 Å².